The van der Waals surface area contributed by atoms with Crippen LogP contribution in [0.4, 0.5) is 4.39 Å². The van der Waals surface area contributed by atoms with Crippen LogP contribution in [0.1, 0.15) is 44.2 Å². The number of nitrogens with one attached hydrogen (secondary N) is 1. The van der Waals surface area contributed by atoms with Gasteiger partial charge in [0.15, 0.2) is 0 Å². The lowest BCUT2D eigenvalue weighted by Crippen LogP contribution is -2.36. The molecule has 0 bridgehead atoms. The van der Waals surface area contributed by atoms with Crippen molar-refractivity contribution in [1.29, 1.82) is 0 Å². The summed E-state index contributed by atoms with van der Waals surface area (Å²) >= 11 is 0. The average molecular weight is 237 g/mol. The van der Waals surface area contributed by atoms with Gasteiger partial charge in [-0.1, -0.05) is 18.2 Å². The Hall–Kier alpha value is -0.930. The molecular weight excluding hydrogens is 217 g/mol. The van der Waals surface area contributed by atoms with Crippen molar-refractivity contribution in [2.75, 3.05) is 0 Å². The number of aliphatic hydroxyl groups is 1. The zero-order valence-electron chi connectivity index (χ0n) is 10.2. The van der Waals surface area contributed by atoms with Crippen LogP contribution in [0.15, 0.2) is 24.3 Å². The highest BCUT2D eigenvalue weighted by molar-refractivity contribution is 5.20. The zero-order chi connectivity index (χ0) is 12.3. The van der Waals surface area contributed by atoms with Crippen molar-refractivity contribution in [2.45, 2.75) is 50.8 Å². The van der Waals surface area contributed by atoms with Crippen molar-refractivity contribution in [3.63, 3.8) is 0 Å². The van der Waals surface area contributed by atoms with Gasteiger partial charge >= 0.3 is 0 Å². The van der Waals surface area contributed by atoms with Gasteiger partial charge in [0.25, 0.3) is 0 Å². The van der Waals surface area contributed by atoms with E-state index < -0.39 is 0 Å². The minimum absolute atomic E-state index is 0.0245. The molecule has 0 unspecified atom stereocenters. The second-order valence-electron chi connectivity index (χ2n) is 4.92. The molecule has 0 spiro atoms. The van der Waals surface area contributed by atoms with E-state index in [-0.39, 0.29) is 18.0 Å². The first-order valence-corrected chi connectivity index (χ1v) is 6.35. The molecule has 17 heavy (non-hydrogen) atoms. The first-order chi connectivity index (χ1) is 8.16. The van der Waals surface area contributed by atoms with Crippen molar-refractivity contribution in [1.82, 2.24) is 5.32 Å². The van der Waals surface area contributed by atoms with Gasteiger partial charge in [-0.3, -0.25) is 0 Å². The first kappa shape index (κ1) is 12.5. The molecule has 1 aromatic rings. The van der Waals surface area contributed by atoms with Crippen LogP contribution < -0.4 is 5.32 Å². The van der Waals surface area contributed by atoms with E-state index in [1.807, 2.05) is 19.1 Å². The number of benzene rings is 1. The van der Waals surface area contributed by atoms with Crippen molar-refractivity contribution in [3.05, 3.63) is 35.6 Å². The minimum atomic E-state index is -0.150. The van der Waals surface area contributed by atoms with Crippen molar-refractivity contribution in [3.8, 4) is 0 Å². The third-order valence-electron chi connectivity index (χ3n) is 3.55. The Bertz CT molecular complexity index is 361. The molecule has 0 saturated heterocycles. The van der Waals surface area contributed by atoms with Crippen LogP contribution in [0.5, 0.6) is 0 Å². The fraction of sp³-hybridized carbons (Fsp3) is 0.571. The molecule has 2 rings (SSSR count). The van der Waals surface area contributed by atoms with Crippen molar-refractivity contribution in [2.24, 2.45) is 0 Å². The van der Waals surface area contributed by atoms with Gasteiger partial charge in [-0.15, -0.1) is 0 Å². The van der Waals surface area contributed by atoms with Crippen LogP contribution in [0.2, 0.25) is 0 Å². The van der Waals surface area contributed by atoms with E-state index in [9.17, 15) is 9.50 Å². The fourth-order valence-corrected chi connectivity index (χ4v) is 2.51. The molecule has 94 valence electrons. The molecule has 2 nitrogen and oxygen atoms in total. The predicted molar refractivity (Wildman–Crippen MR) is 66.2 cm³/mol. The monoisotopic (exact) mass is 237 g/mol. The largest absolute Gasteiger partial charge is 0.393 e. The maximum absolute atomic E-state index is 13.6. The van der Waals surface area contributed by atoms with Gasteiger partial charge in [0.05, 0.1) is 6.10 Å². The minimum Gasteiger partial charge on any atom is -0.393 e. The molecular formula is C14H20FNO. The van der Waals surface area contributed by atoms with Gasteiger partial charge in [0.1, 0.15) is 5.82 Å². The maximum Gasteiger partial charge on any atom is 0.127 e. The van der Waals surface area contributed by atoms with Crippen LogP contribution in [-0.4, -0.2) is 17.3 Å². The number of hydrogen-bond donors (Lipinski definition) is 2. The van der Waals surface area contributed by atoms with E-state index in [0.717, 1.165) is 31.2 Å². The highest BCUT2D eigenvalue weighted by Crippen LogP contribution is 2.23. The molecule has 1 aliphatic carbocycles. The molecule has 1 aromatic carbocycles. The quantitative estimate of drug-likeness (QED) is 0.847. The molecule has 3 heteroatoms. The van der Waals surface area contributed by atoms with Crippen molar-refractivity contribution >= 4 is 0 Å². The van der Waals surface area contributed by atoms with Crippen LogP contribution in [0.3, 0.4) is 0 Å². The summed E-state index contributed by atoms with van der Waals surface area (Å²) < 4.78 is 13.6. The van der Waals surface area contributed by atoms with Crippen LogP contribution in [0.25, 0.3) is 0 Å². The van der Waals surface area contributed by atoms with Crippen LogP contribution in [0, 0.1) is 5.82 Å². The molecule has 1 saturated carbocycles. The van der Waals surface area contributed by atoms with Gasteiger partial charge < -0.3 is 10.4 Å². The lowest BCUT2D eigenvalue weighted by atomic mass is 9.92. The highest BCUT2D eigenvalue weighted by Gasteiger charge is 2.21. The van der Waals surface area contributed by atoms with Gasteiger partial charge in [-0.25, -0.2) is 4.39 Å². The summed E-state index contributed by atoms with van der Waals surface area (Å²) in [5.74, 6) is -0.150. The Balaban J connectivity index is 1.93. The van der Waals surface area contributed by atoms with Gasteiger partial charge in [0, 0.05) is 17.6 Å². The van der Waals surface area contributed by atoms with E-state index in [1.54, 1.807) is 6.07 Å². The second-order valence-corrected chi connectivity index (χ2v) is 4.92. The number of halogens is 1. The summed E-state index contributed by atoms with van der Waals surface area (Å²) in [5, 5.41) is 12.9. The normalized spacial score (nSPS) is 26.8. The molecule has 1 atom stereocenters. The smallest absolute Gasteiger partial charge is 0.127 e. The van der Waals surface area contributed by atoms with E-state index in [1.165, 1.54) is 6.07 Å². The third-order valence-corrected chi connectivity index (χ3v) is 3.55. The maximum atomic E-state index is 13.6. The first-order valence-electron chi connectivity index (χ1n) is 6.35. The van der Waals surface area contributed by atoms with Crippen molar-refractivity contribution < 1.29 is 9.50 Å². The molecule has 0 amide bonds. The van der Waals surface area contributed by atoms with Gasteiger partial charge in [0.2, 0.25) is 0 Å². The Morgan fingerprint density at radius 2 is 1.88 bits per heavy atom. The lowest BCUT2D eigenvalue weighted by molar-refractivity contribution is 0.114. The number of hydrogen-bond acceptors (Lipinski definition) is 2. The van der Waals surface area contributed by atoms with E-state index >= 15 is 0 Å². The second kappa shape index (κ2) is 5.61. The van der Waals surface area contributed by atoms with Crippen LogP contribution in [-0.2, 0) is 0 Å². The van der Waals surface area contributed by atoms with Gasteiger partial charge in [-0.05, 0) is 38.7 Å². The van der Waals surface area contributed by atoms with E-state index in [4.69, 9.17) is 0 Å². The number of aliphatic hydroxyl groups excluding tert-OH is 1. The fourth-order valence-electron chi connectivity index (χ4n) is 2.51. The Morgan fingerprint density at radius 3 is 2.53 bits per heavy atom. The molecule has 0 radical (unpaired) electrons. The summed E-state index contributed by atoms with van der Waals surface area (Å²) in [6.45, 7) is 1.99. The molecule has 2 N–H and O–H groups in total. The summed E-state index contributed by atoms with van der Waals surface area (Å²) in [5.41, 5.74) is 0.721. The highest BCUT2D eigenvalue weighted by atomic mass is 19.1. The zero-order valence-corrected chi connectivity index (χ0v) is 10.2. The Kier molecular flexibility index (Phi) is 4.13. The van der Waals surface area contributed by atoms with Crippen LogP contribution >= 0.6 is 0 Å². The average Bonchev–Trinajstić information content (AvgIpc) is 2.32. The standard InChI is InChI=1S/C14H20FNO/c1-10(13-4-2-3-5-14(13)15)16-11-6-8-12(17)9-7-11/h2-5,10-12,16-17H,6-9H2,1H3/t10-,11?,12?/m1/s1. The molecule has 0 heterocycles. The Labute approximate surface area is 102 Å². The SMILES string of the molecule is C[C@@H](NC1CCC(O)CC1)c1ccccc1F. The third kappa shape index (κ3) is 3.27. The molecule has 1 fully saturated rings. The number of rotatable bonds is 3. The summed E-state index contributed by atoms with van der Waals surface area (Å²) in [7, 11) is 0. The van der Waals surface area contributed by atoms with E-state index in [2.05, 4.69) is 5.32 Å². The van der Waals surface area contributed by atoms with E-state index in [0.29, 0.717) is 6.04 Å². The predicted octanol–water partition coefficient (Wildman–Crippen LogP) is 2.78. The summed E-state index contributed by atoms with van der Waals surface area (Å²) in [4.78, 5) is 0. The lowest BCUT2D eigenvalue weighted by Gasteiger charge is -2.29. The topological polar surface area (TPSA) is 32.3 Å². The van der Waals surface area contributed by atoms with Gasteiger partial charge in [-0.2, -0.15) is 0 Å². The summed E-state index contributed by atoms with van der Waals surface area (Å²) in [6.07, 6.45) is 3.50. The molecule has 0 aliphatic heterocycles. The molecule has 1 aliphatic rings. The Morgan fingerprint density at radius 1 is 1.24 bits per heavy atom. The molecule has 0 aromatic heterocycles. The summed E-state index contributed by atoms with van der Waals surface area (Å²) in [6, 6.07) is 7.32.